The Morgan fingerprint density at radius 2 is 1.90 bits per heavy atom. The van der Waals surface area contributed by atoms with Crippen LogP contribution in [-0.4, -0.2) is 46.3 Å². The van der Waals surface area contributed by atoms with Crippen LogP contribution < -0.4 is 5.32 Å². The van der Waals surface area contributed by atoms with Gasteiger partial charge >= 0.3 is 0 Å². The van der Waals surface area contributed by atoms with Crippen LogP contribution in [0.1, 0.15) is 24.3 Å². The molecule has 2 aromatic carbocycles. The van der Waals surface area contributed by atoms with Gasteiger partial charge in [-0.05, 0) is 43.7 Å². The number of aryl methyl sites for hydroxylation is 1. The molecule has 1 fully saturated rings. The number of hydrogen-bond donors (Lipinski definition) is 1. The van der Waals surface area contributed by atoms with Gasteiger partial charge in [-0.25, -0.2) is 9.07 Å². The van der Waals surface area contributed by atoms with E-state index in [-0.39, 0.29) is 30.5 Å². The fourth-order valence-electron chi connectivity index (χ4n) is 3.77. The first-order chi connectivity index (χ1) is 14.5. The van der Waals surface area contributed by atoms with E-state index in [1.807, 2.05) is 44.2 Å². The van der Waals surface area contributed by atoms with Crippen LogP contribution in [0.4, 0.5) is 10.2 Å². The van der Waals surface area contributed by atoms with Crippen molar-refractivity contribution in [2.45, 2.75) is 26.1 Å². The van der Waals surface area contributed by atoms with E-state index in [0.717, 1.165) is 11.3 Å². The number of hydrogen-bond acceptors (Lipinski definition) is 4. The molecule has 1 aliphatic rings. The Morgan fingerprint density at radius 1 is 1.17 bits per heavy atom. The average molecular weight is 408 g/mol. The summed E-state index contributed by atoms with van der Waals surface area (Å²) in [6, 6.07) is 17.9. The molecule has 0 saturated carbocycles. The summed E-state index contributed by atoms with van der Waals surface area (Å²) >= 11 is 0. The summed E-state index contributed by atoms with van der Waals surface area (Å²) in [5, 5.41) is 7.37. The van der Waals surface area contributed by atoms with Crippen LogP contribution in [0.5, 0.6) is 0 Å². The number of ether oxygens (including phenoxy) is 1. The largest absolute Gasteiger partial charge is 0.368 e. The van der Waals surface area contributed by atoms with E-state index in [0.29, 0.717) is 24.6 Å². The van der Waals surface area contributed by atoms with Gasteiger partial charge in [-0.3, -0.25) is 9.69 Å². The third-order valence-electron chi connectivity index (χ3n) is 5.04. The van der Waals surface area contributed by atoms with Gasteiger partial charge in [0, 0.05) is 19.2 Å². The van der Waals surface area contributed by atoms with Crippen LogP contribution in [0.25, 0.3) is 5.69 Å². The molecule has 2 unspecified atom stereocenters. The van der Waals surface area contributed by atoms with Crippen molar-refractivity contribution in [2.75, 3.05) is 25.0 Å². The minimum atomic E-state index is -0.317. The lowest BCUT2D eigenvalue weighted by Crippen LogP contribution is -2.46. The van der Waals surface area contributed by atoms with Gasteiger partial charge in [0.05, 0.1) is 30.1 Å². The molecule has 6 nitrogen and oxygen atoms in total. The number of amides is 1. The minimum Gasteiger partial charge on any atom is -0.368 e. The Bertz CT molecular complexity index is 1000. The Labute approximate surface area is 175 Å². The number of carbonyl (C=O) groups excluding carboxylic acids is 1. The fourth-order valence-corrected chi connectivity index (χ4v) is 3.77. The first-order valence-electron chi connectivity index (χ1n) is 10.0. The summed E-state index contributed by atoms with van der Waals surface area (Å²) < 4.78 is 20.9. The molecule has 7 heteroatoms. The van der Waals surface area contributed by atoms with Gasteiger partial charge in [-0.15, -0.1) is 0 Å². The zero-order valence-corrected chi connectivity index (χ0v) is 17.1. The third kappa shape index (κ3) is 4.75. The second-order valence-corrected chi connectivity index (χ2v) is 7.65. The molecule has 4 rings (SSSR count). The highest BCUT2D eigenvalue weighted by molar-refractivity contribution is 5.91. The van der Waals surface area contributed by atoms with E-state index >= 15 is 0 Å². The van der Waals surface area contributed by atoms with E-state index in [1.165, 1.54) is 12.1 Å². The van der Waals surface area contributed by atoms with Gasteiger partial charge < -0.3 is 10.1 Å². The summed E-state index contributed by atoms with van der Waals surface area (Å²) in [6.45, 7) is 5.46. The number of halogens is 1. The first-order valence-corrected chi connectivity index (χ1v) is 10.0. The molecule has 1 amide bonds. The quantitative estimate of drug-likeness (QED) is 0.699. The maximum absolute atomic E-state index is 13.2. The van der Waals surface area contributed by atoms with E-state index in [4.69, 9.17) is 4.74 Å². The highest BCUT2D eigenvalue weighted by Gasteiger charge is 2.27. The average Bonchev–Trinajstić information content (AvgIpc) is 3.08. The van der Waals surface area contributed by atoms with Crippen LogP contribution in [0.15, 0.2) is 60.7 Å². The van der Waals surface area contributed by atoms with Gasteiger partial charge in [-0.2, -0.15) is 5.10 Å². The zero-order valence-electron chi connectivity index (χ0n) is 17.1. The third-order valence-corrected chi connectivity index (χ3v) is 5.04. The van der Waals surface area contributed by atoms with E-state index < -0.39 is 0 Å². The van der Waals surface area contributed by atoms with Crippen molar-refractivity contribution < 1.29 is 13.9 Å². The maximum atomic E-state index is 13.2. The summed E-state index contributed by atoms with van der Waals surface area (Å²) in [4.78, 5) is 14.9. The molecule has 2 atom stereocenters. The minimum absolute atomic E-state index is 0.0312. The van der Waals surface area contributed by atoms with Gasteiger partial charge in [0.25, 0.3) is 0 Å². The number of nitrogens with one attached hydrogen (secondary N) is 1. The molecule has 156 valence electrons. The lowest BCUT2D eigenvalue weighted by Gasteiger charge is -2.36. The van der Waals surface area contributed by atoms with Crippen molar-refractivity contribution in [1.29, 1.82) is 0 Å². The van der Waals surface area contributed by atoms with Gasteiger partial charge in [0.15, 0.2) is 0 Å². The predicted molar refractivity (Wildman–Crippen MR) is 113 cm³/mol. The van der Waals surface area contributed by atoms with Gasteiger partial charge in [-0.1, -0.05) is 30.3 Å². The number of carbonyl (C=O) groups is 1. The van der Waals surface area contributed by atoms with Gasteiger partial charge in [0.1, 0.15) is 11.6 Å². The molecular weight excluding hydrogens is 383 g/mol. The Kier molecular flexibility index (Phi) is 5.92. The van der Waals surface area contributed by atoms with Crippen LogP contribution in [0.2, 0.25) is 0 Å². The maximum Gasteiger partial charge on any atom is 0.239 e. The number of aromatic nitrogens is 2. The fraction of sp³-hybridized carbons (Fsp3) is 0.304. The first kappa shape index (κ1) is 20.3. The van der Waals surface area contributed by atoms with Crippen LogP contribution in [0, 0.1) is 12.7 Å². The highest BCUT2D eigenvalue weighted by Crippen LogP contribution is 2.25. The SMILES string of the molecule is Cc1cc(NC(=O)CN2CC(C)OC(c3ccccc3)C2)n(-c2ccc(F)cc2)n1. The molecule has 0 bridgehead atoms. The molecule has 1 aliphatic heterocycles. The van der Waals surface area contributed by atoms with Crippen LogP contribution in [-0.2, 0) is 9.53 Å². The van der Waals surface area contributed by atoms with Gasteiger partial charge in [0.2, 0.25) is 5.91 Å². The standard InChI is InChI=1S/C23H25FN4O2/c1-16-12-22(28(26-16)20-10-8-19(24)9-11-20)25-23(29)15-27-13-17(2)30-21(14-27)18-6-4-3-5-7-18/h3-12,17,21H,13-15H2,1-2H3,(H,25,29). The molecule has 2 heterocycles. The number of morpholine rings is 1. The second kappa shape index (κ2) is 8.77. The molecule has 30 heavy (non-hydrogen) atoms. The molecule has 1 N–H and O–H groups in total. The molecule has 0 aliphatic carbocycles. The van der Waals surface area contributed by atoms with Crippen LogP contribution in [0.3, 0.4) is 0 Å². The molecular formula is C23H25FN4O2. The smallest absolute Gasteiger partial charge is 0.239 e. The lowest BCUT2D eigenvalue weighted by atomic mass is 10.1. The Balaban J connectivity index is 1.44. The summed E-state index contributed by atoms with van der Waals surface area (Å²) in [6.07, 6.45) is -0.0292. The number of nitrogens with zero attached hydrogens (tertiary/aromatic N) is 3. The molecule has 3 aromatic rings. The molecule has 1 saturated heterocycles. The number of anilines is 1. The summed E-state index contributed by atoms with van der Waals surface area (Å²) in [5.74, 6) is 0.117. The predicted octanol–water partition coefficient (Wildman–Crippen LogP) is 3.72. The monoisotopic (exact) mass is 408 g/mol. The van der Waals surface area contributed by atoms with Crippen molar-refractivity contribution in [2.24, 2.45) is 0 Å². The molecule has 1 aromatic heterocycles. The highest BCUT2D eigenvalue weighted by atomic mass is 19.1. The van der Waals surface area contributed by atoms with Crippen molar-refractivity contribution in [3.8, 4) is 5.69 Å². The molecule has 0 spiro atoms. The topological polar surface area (TPSA) is 59.4 Å². The van der Waals surface area contributed by atoms with E-state index in [9.17, 15) is 9.18 Å². The zero-order chi connectivity index (χ0) is 21.1. The van der Waals surface area contributed by atoms with Crippen molar-refractivity contribution in [3.05, 3.63) is 77.7 Å². The normalized spacial score (nSPS) is 19.6. The van der Waals surface area contributed by atoms with Crippen molar-refractivity contribution >= 4 is 11.7 Å². The number of rotatable bonds is 5. The Hall–Kier alpha value is -3.03. The summed E-state index contributed by atoms with van der Waals surface area (Å²) in [7, 11) is 0. The van der Waals surface area contributed by atoms with Crippen molar-refractivity contribution in [3.63, 3.8) is 0 Å². The Morgan fingerprint density at radius 3 is 2.63 bits per heavy atom. The van der Waals surface area contributed by atoms with E-state index in [2.05, 4.69) is 15.3 Å². The van der Waals surface area contributed by atoms with Crippen LogP contribution >= 0.6 is 0 Å². The molecule has 0 radical (unpaired) electrons. The summed E-state index contributed by atoms with van der Waals surface area (Å²) in [5.41, 5.74) is 2.56. The lowest BCUT2D eigenvalue weighted by molar-refractivity contribution is -0.122. The van der Waals surface area contributed by atoms with E-state index in [1.54, 1.807) is 22.9 Å². The second-order valence-electron chi connectivity index (χ2n) is 7.65. The number of benzene rings is 2. The van der Waals surface area contributed by atoms with Crippen molar-refractivity contribution in [1.82, 2.24) is 14.7 Å².